The van der Waals surface area contributed by atoms with Crippen LogP contribution in [-0.4, -0.2) is 19.7 Å². The fourth-order valence-electron chi connectivity index (χ4n) is 1.46. The van der Waals surface area contributed by atoms with E-state index in [1.54, 1.807) is 18.2 Å². The molecule has 0 atom stereocenters. The minimum absolute atomic E-state index is 0.186. The number of carbonyl (C=O) groups excluding carboxylic acids is 1. The molecule has 0 spiro atoms. The summed E-state index contributed by atoms with van der Waals surface area (Å²) in [5.41, 5.74) is 6.63. The van der Waals surface area contributed by atoms with Crippen molar-refractivity contribution in [2.45, 2.75) is 27.2 Å². The standard InChI is InChI=1S/C14H21NO3/c1-14(2,3)8-9-18-11-7-5-6-10(15)12(11)13(16)17-4/h5-7H,8-9,15H2,1-4H3. The van der Waals surface area contributed by atoms with Crippen molar-refractivity contribution in [2.75, 3.05) is 19.5 Å². The Morgan fingerprint density at radius 1 is 1.33 bits per heavy atom. The Labute approximate surface area is 108 Å². The number of nitrogens with two attached hydrogens (primary N) is 1. The number of anilines is 1. The summed E-state index contributed by atoms with van der Waals surface area (Å²) in [6, 6.07) is 5.14. The third kappa shape index (κ3) is 3.95. The summed E-state index contributed by atoms with van der Waals surface area (Å²) in [5, 5.41) is 0. The van der Waals surface area contributed by atoms with E-state index in [0.29, 0.717) is 23.6 Å². The van der Waals surface area contributed by atoms with E-state index in [9.17, 15) is 4.79 Å². The molecule has 0 saturated heterocycles. The molecule has 1 rings (SSSR count). The number of esters is 1. The first-order chi connectivity index (χ1) is 8.35. The number of carbonyl (C=O) groups is 1. The van der Waals surface area contributed by atoms with Gasteiger partial charge >= 0.3 is 5.97 Å². The van der Waals surface area contributed by atoms with Crippen molar-refractivity contribution in [1.82, 2.24) is 0 Å². The minimum Gasteiger partial charge on any atom is -0.493 e. The summed E-state index contributed by atoms with van der Waals surface area (Å²) in [4.78, 5) is 11.6. The molecule has 0 aromatic heterocycles. The molecule has 1 aromatic rings. The molecule has 1 aromatic carbocycles. The van der Waals surface area contributed by atoms with E-state index in [-0.39, 0.29) is 5.41 Å². The molecule has 0 amide bonds. The Bertz CT molecular complexity index is 422. The second kappa shape index (κ2) is 5.76. The van der Waals surface area contributed by atoms with Crippen LogP contribution >= 0.6 is 0 Å². The van der Waals surface area contributed by atoms with E-state index in [0.717, 1.165) is 6.42 Å². The highest BCUT2D eigenvalue weighted by Gasteiger charge is 2.17. The zero-order chi connectivity index (χ0) is 13.8. The van der Waals surface area contributed by atoms with E-state index in [1.165, 1.54) is 7.11 Å². The molecule has 0 bridgehead atoms. The van der Waals surface area contributed by atoms with E-state index in [4.69, 9.17) is 15.2 Å². The fraction of sp³-hybridized carbons (Fsp3) is 0.500. The topological polar surface area (TPSA) is 61.5 Å². The first-order valence-electron chi connectivity index (χ1n) is 5.95. The fourth-order valence-corrected chi connectivity index (χ4v) is 1.46. The summed E-state index contributed by atoms with van der Waals surface area (Å²) in [7, 11) is 1.33. The molecule has 0 heterocycles. The molecule has 0 saturated carbocycles. The van der Waals surface area contributed by atoms with Crippen molar-refractivity contribution < 1.29 is 14.3 Å². The van der Waals surface area contributed by atoms with Gasteiger partial charge in [0.2, 0.25) is 0 Å². The SMILES string of the molecule is COC(=O)c1c(N)cccc1OCCC(C)(C)C. The second-order valence-electron chi connectivity index (χ2n) is 5.37. The van der Waals surface area contributed by atoms with E-state index >= 15 is 0 Å². The zero-order valence-electron chi connectivity index (χ0n) is 11.4. The quantitative estimate of drug-likeness (QED) is 0.660. The van der Waals surface area contributed by atoms with Gasteiger partial charge in [0.15, 0.2) is 0 Å². The largest absolute Gasteiger partial charge is 0.493 e. The van der Waals surface area contributed by atoms with Gasteiger partial charge in [-0.1, -0.05) is 26.8 Å². The monoisotopic (exact) mass is 251 g/mol. The summed E-state index contributed by atoms with van der Waals surface area (Å²) < 4.78 is 10.3. The van der Waals surface area contributed by atoms with E-state index < -0.39 is 5.97 Å². The number of methoxy groups -OCH3 is 1. The molecule has 4 nitrogen and oxygen atoms in total. The lowest BCUT2D eigenvalue weighted by Crippen LogP contribution is -2.14. The Hall–Kier alpha value is -1.71. The number of benzene rings is 1. The van der Waals surface area contributed by atoms with Crippen molar-refractivity contribution in [1.29, 1.82) is 0 Å². The summed E-state index contributed by atoms with van der Waals surface area (Å²) >= 11 is 0. The predicted molar refractivity (Wildman–Crippen MR) is 71.8 cm³/mol. The molecule has 0 fully saturated rings. The van der Waals surface area contributed by atoms with Gasteiger partial charge in [-0.15, -0.1) is 0 Å². The van der Waals surface area contributed by atoms with Crippen LogP contribution < -0.4 is 10.5 Å². The van der Waals surface area contributed by atoms with Gasteiger partial charge in [-0.25, -0.2) is 4.79 Å². The van der Waals surface area contributed by atoms with Gasteiger partial charge in [0.1, 0.15) is 11.3 Å². The van der Waals surface area contributed by atoms with Gasteiger partial charge < -0.3 is 15.2 Å². The highest BCUT2D eigenvalue weighted by molar-refractivity contribution is 5.98. The van der Waals surface area contributed by atoms with Crippen LogP contribution in [0.3, 0.4) is 0 Å². The van der Waals surface area contributed by atoms with Crippen LogP contribution in [0.4, 0.5) is 5.69 Å². The molecule has 0 aliphatic carbocycles. The van der Waals surface area contributed by atoms with Crippen LogP contribution in [0.1, 0.15) is 37.6 Å². The molecule has 0 aliphatic rings. The van der Waals surface area contributed by atoms with Crippen LogP contribution in [0.5, 0.6) is 5.75 Å². The normalized spacial score (nSPS) is 11.1. The maximum absolute atomic E-state index is 11.6. The first-order valence-corrected chi connectivity index (χ1v) is 5.95. The third-order valence-electron chi connectivity index (χ3n) is 2.56. The number of ether oxygens (including phenoxy) is 2. The van der Waals surface area contributed by atoms with Crippen molar-refractivity contribution >= 4 is 11.7 Å². The lowest BCUT2D eigenvalue weighted by molar-refractivity contribution is 0.0597. The van der Waals surface area contributed by atoms with Gasteiger partial charge in [-0.05, 0) is 24.0 Å². The highest BCUT2D eigenvalue weighted by Crippen LogP contribution is 2.26. The first kappa shape index (κ1) is 14.4. The molecule has 0 radical (unpaired) electrons. The van der Waals surface area contributed by atoms with Crippen molar-refractivity contribution in [2.24, 2.45) is 5.41 Å². The van der Waals surface area contributed by atoms with Crippen molar-refractivity contribution in [3.8, 4) is 5.75 Å². The molecule has 2 N–H and O–H groups in total. The van der Waals surface area contributed by atoms with Gasteiger partial charge in [-0.2, -0.15) is 0 Å². The Morgan fingerprint density at radius 2 is 2.00 bits per heavy atom. The highest BCUT2D eigenvalue weighted by atomic mass is 16.5. The van der Waals surface area contributed by atoms with E-state index in [1.807, 2.05) is 0 Å². The average Bonchev–Trinajstić information content (AvgIpc) is 2.26. The molecule has 0 unspecified atom stereocenters. The molecular formula is C14H21NO3. The van der Waals surface area contributed by atoms with Crippen LogP contribution in [0.2, 0.25) is 0 Å². The summed E-state index contributed by atoms with van der Waals surface area (Å²) in [6.07, 6.45) is 0.891. The smallest absolute Gasteiger partial charge is 0.343 e. The van der Waals surface area contributed by atoms with Crippen LogP contribution in [-0.2, 0) is 4.74 Å². The summed E-state index contributed by atoms with van der Waals surface area (Å²) in [5.74, 6) is 0.00459. The molecule has 0 aliphatic heterocycles. The van der Waals surface area contributed by atoms with Crippen LogP contribution in [0, 0.1) is 5.41 Å². The maximum atomic E-state index is 11.6. The van der Waals surface area contributed by atoms with Gasteiger partial charge in [-0.3, -0.25) is 0 Å². The minimum atomic E-state index is -0.473. The second-order valence-corrected chi connectivity index (χ2v) is 5.37. The van der Waals surface area contributed by atoms with Crippen molar-refractivity contribution in [3.05, 3.63) is 23.8 Å². The maximum Gasteiger partial charge on any atom is 0.343 e. The molecular weight excluding hydrogens is 230 g/mol. The Kier molecular flexibility index (Phi) is 4.59. The van der Waals surface area contributed by atoms with Crippen LogP contribution in [0.25, 0.3) is 0 Å². The lowest BCUT2D eigenvalue weighted by atomic mass is 9.93. The van der Waals surface area contributed by atoms with Gasteiger partial charge in [0, 0.05) is 5.69 Å². The number of nitrogen functional groups attached to an aromatic ring is 1. The third-order valence-corrected chi connectivity index (χ3v) is 2.56. The zero-order valence-corrected chi connectivity index (χ0v) is 11.4. The van der Waals surface area contributed by atoms with Gasteiger partial charge in [0.05, 0.1) is 13.7 Å². The predicted octanol–water partition coefficient (Wildman–Crippen LogP) is 2.87. The number of rotatable bonds is 4. The molecule has 4 heteroatoms. The molecule has 100 valence electrons. The molecule has 18 heavy (non-hydrogen) atoms. The Balaban J connectivity index is 2.82. The van der Waals surface area contributed by atoms with E-state index in [2.05, 4.69) is 20.8 Å². The number of hydrogen-bond donors (Lipinski definition) is 1. The van der Waals surface area contributed by atoms with Crippen LogP contribution in [0.15, 0.2) is 18.2 Å². The average molecular weight is 251 g/mol. The van der Waals surface area contributed by atoms with Gasteiger partial charge in [0.25, 0.3) is 0 Å². The summed E-state index contributed by atoms with van der Waals surface area (Å²) in [6.45, 7) is 6.95. The van der Waals surface area contributed by atoms with Crippen molar-refractivity contribution in [3.63, 3.8) is 0 Å². The number of hydrogen-bond acceptors (Lipinski definition) is 4. The Morgan fingerprint density at radius 3 is 2.56 bits per heavy atom. The lowest BCUT2D eigenvalue weighted by Gasteiger charge is -2.19.